The Labute approximate surface area is 201 Å². The maximum atomic E-state index is 13.5. The van der Waals surface area contributed by atoms with Crippen LogP contribution in [0.5, 0.6) is 5.75 Å². The van der Waals surface area contributed by atoms with E-state index in [1.54, 1.807) is 23.9 Å². The summed E-state index contributed by atoms with van der Waals surface area (Å²) in [6, 6.07) is 21.3. The van der Waals surface area contributed by atoms with Gasteiger partial charge in [0.25, 0.3) is 0 Å². The molecule has 32 heavy (non-hydrogen) atoms. The van der Waals surface area contributed by atoms with Crippen molar-refractivity contribution in [1.29, 1.82) is 0 Å². The summed E-state index contributed by atoms with van der Waals surface area (Å²) in [5, 5.41) is 4.37. The van der Waals surface area contributed by atoms with Crippen molar-refractivity contribution in [3.05, 3.63) is 82.6 Å². The summed E-state index contributed by atoms with van der Waals surface area (Å²) in [6.07, 6.45) is 0.876. The van der Waals surface area contributed by atoms with Crippen molar-refractivity contribution in [2.45, 2.75) is 25.8 Å². The third-order valence-corrected chi connectivity index (χ3v) is 7.35. The number of halogens is 2. The average molecular weight is 513 g/mol. The molecular formula is C26H26BrFN2OS. The normalized spacial score (nSPS) is 17.8. The first-order chi connectivity index (χ1) is 15.4. The summed E-state index contributed by atoms with van der Waals surface area (Å²) in [4.78, 5) is 4.92. The topological polar surface area (TPSA) is 33.6 Å². The number of ether oxygens (including phenoxy) is 1. The van der Waals surface area contributed by atoms with Crippen molar-refractivity contribution in [2.75, 3.05) is 24.2 Å². The summed E-state index contributed by atoms with van der Waals surface area (Å²) in [7, 11) is 0. The summed E-state index contributed by atoms with van der Waals surface area (Å²) in [5.74, 6) is 1.55. The smallest absolute Gasteiger partial charge is 0.136 e. The number of hydrogen-bond acceptors (Lipinski definition) is 4. The number of nitrogens with zero attached hydrogens (tertiary/aromatic N) is 1. The summed E-state index contributed by atoms with van der Waals surface area (Å²) >= 11 is 5.22. The number of rotatable bonds is 8. The quantitative estimate of drug-likeness (QED) is 0.342. The zero-order chi connectivity index (χ0) is 22.6. The monoisotopic (exact) mass is 512 g/mol. The van der Waals surface area contributed by atoms with Crippen LogP contribution in [0.1, 0.15) is 18.9 Å². The van der Waals surface area contributed by atoms with Crippen LogP contribution in [0.25, 0.3) is 11.1 Å². The van der Waals surface area contributed by atoms with Crippen LogP contribution < -0.4 is 10.1 Å². The Morgan fingerprint density at radius 3 is 2.47 bits per heavy atom. The average Bonchev–Trinajstić information content (AvgIpc) is 3.17. The van der Waals surface area contributed by atoms with Crippen LogP contribution in [0.15, 0.2) is 76.2 Å². The van der Waals surface area contributed by atoms with Gasteiger partial charge >= 0.3 is 0 Å². The SMILES string of the molecule is Cc1ccc(F)cc1NCCC1(C)CSC(COc2ccc(-c3ccc(Br)cc3)cc2)=N1. The highest BCUT2D eigenvalue weighted by molar-refractivity contribution is 9.10. The third-order valence-electron chi connectivity index (χ3n) is 5.52. The van der Waals surface area contributed by atoms with Gasteiger partial charge in [-0.15, -0.1) is 11.8 Å². The maximum absolute atomic E-state index is 13.5. The predicted octanol–water partition coefficient (Wildman–Crippen LogP) is 7.35. The molecule has 1 heterocycles. The molecule has 0 saturated heterocycles. The molecule has 1 aliphatic rings. The molecule has 3 aromatic carbocycles. The van der Waals surface area contributed by atoms with Gasteiger partial charge in [0, 0.05) is 22.5 Å². The Bertz CT molecular complexity index is 1100. The second-order valence-electron chi connectivity index (χ2n) is 8.25. The second kappa shape index (κ2) is 10.1. The van der Waals surface area contributed by atoms with Crippen LogP contribution in [0, 0.1) is 12.7 Å². The van der Waals surface area contributed by atoms with Gasteiger partial charge in [-0.3, -0.25) is 4.99 Å². The first kappa shape index (κ1) is 22.9. The van der Waals surface area contributed by atoms with Crippen LogP contribution >= 0.6 is 27.7 Å². The van der Waals surface area contributed by atoms with Gasteiger partial charge in [0.1, 0.15) is 23.2 Å². The molecule has 166 valence electrons. The van der Waals surface area contributed by atoms with E-state index in [9.17, 15) is 4.39 Å². The Morgan fingerprint density at radius 2 is 1.75 bits per heavy atom. The standard InChI is InChI=1S/C26H26BrFN2OS/c1-18-3-10-22(28)15-24(18)29-14-13-26(2)17-32-25(30-26)16-31-23-11-6-20(7-12-23)19-4-8-21(27)9-5-19/h3-12,15,29H,13-14,16-17H2,1-2H3. The fraction of sp³-hybridized carbons (Fsp3) is 0.269. The van der Waals surface area contributed by atoms with E-state index in [1.165, 1.54) is 11.6 Å². The highest BCUT2D eigenvalue weighted by Gasteiger charge is 2.30. The van der Waals surface area contributed by atoms with Crippen LogP contribution in [0.4, 0.5) is 10.1 Å². The van der Waals surface area contributed by atoms with Crippen molar-refractivity contribution in [3.63, 3.8) is 0 Å². The molecule has 4 rings (SSSR count). The van der Waals surface area contributed by atoms with Gasteiger partial charge in [0.2, 0.25) is 0 Å². The minimum atomic E-state index is -0.219. The van der Waals surface area contributed by atoms with Gasteiger partial charge in [-0.05, 0) is 73.4 Å². The molecule has 0 bridgehead atoms. The number of anilines is 1. The van der Waals surface area contributed by atoms with E-state index in [2.05, 4.69) is 52.4 Å². The molecule has 0 saturated carbocycles. The summed E-state index contributed by atoms with van der Waals surface area (Å²) in [6.45, 7) is 5.37. The number of thioether (sulfide) groups is 1. The van der Waals surface area contributed by atoms with Crippen LogP contribution in [-0.4, -0.2) is 29.5 Å². The van der Waals surface area contributed by atoms with Crippen molar-refractivity contribution < 1.29 is 9.13 Å². The van der Waals surface area contributed by atoms with E-state index in [-0.39, 0.29) is 11.4 Å². The molecule has 6 heteroatoms. The van der Waals surface area contributed by atoms with Gasteiger partial charge in [-0.2, -0.15) is 0 Å². The lowest BCUT2D eigenvalue weighted by Gasteiger charge is -2.20. The fourth-order valence-corrected chi connectivity index (χ4v) is 4.97. The molecule has 3 aromatic rings. The molecule has 1 unspecified atom stereocenters. The van der Waals surface area contributed by atoms with E-state index in [4.69, 9.17) is 9.73 Å². The molecule has 3 nitrogen and oxygen atoms in total. The third kappa shape index (κ3) is 5.93. The molecular weight excluding hydrogens is 487 g/mol. The Morgan fingerprint density at radius 1 is 1.06 bits per heavy atom. The maximum Gasteiger partial charge on any atom is 0.136 e. The van der Waals surface area contributed by atoms with Crippen LogP contribution in [0.3, 0.4) is 0 Å². The Balaban J connectivity index is 1.28. The molecule has 1 atom stereocenters. The number of nitrogens with one attached hydrogen (secondary N) is 1. The van der Waals surface area contributed by atoms with Crippen molar-refractivity contribution >= 4 is 38.4 Å². The molecule has 0 aliphatic carbocycles. The fourth-order valence-electron chi connectivity index (χ4n) is 3.59. The first-order valence-corrected chi connectivity index (χ1v) is 12.4. The van der Waals surface area contributed by atoms with Crippen molar-refractivity contribution in [2.24, 2.45) is 4.99 Å². The number of hydrogen-bond donors (Lipinski definition) is 1. The van der Waals surface area contributed by atoms with Gasteiger partial charge in [-0.25, -0.2) is 4.39 Å². The van der Waals surface area contributed by atoms with E-state index in [0.717, 1.165) is 50.8 Å². The lowest BCUT2D eigenvalue weighted by molar-refractivity contribution is 0.377. The number of aryl methyl sites for hydroxylation is 1. The van der Waals surface area contributed by atoms with Gasteiger partial charge in [0.15, 0.2) is 0 Å². The Hall–Kier alpha value is -2.31. The van der Waals surface area contributed by atoms with Crippen LogP contribution in [-0.2, 0) is 0 Å². The highest BCUT2D eigenvalue weighted by Crippen LogP contribution is 2.31. The van der Waals surface area contributed by atoms with Crippen molar-refractivity contribution in [3.8, 4) is 16.9 Å². The van der Waals surface area contributed by atoms with E-state index in [1.807, 2.05) is 31.2 Å². The lowest BCUT2D eigenvalue weighted by atomic mass is 10.0. The minimum absolute atomic E-state index is 0.136. The largest absolute Gasteiger partial charge is 0.487 e. The molecule has 1 aliphatic heterocycles. The van der Waals surface area contributed by atoms with Gasteiger partial charge in [-0.1, -0.05) is 46.3 Å². The molecule has 0 fully saturated rings. The van der Waals surface area contributed by atoms with Crippen LogP contribution in [0.2, 0.25) is 0 Å². The van der Waals surface area contributed by atoms with Crippen molar-refractivity contribution in [1.82, 2.24) is 0 Å². The zero-order valence-corrected chi connectivity index (χ0v) is 20.6. The summed E-state index contributed by atoms with van der Waals surface area (Å²) < 4.78 is 20.5. The van der Waals surface area contributed by atoms with E-state index >= 15 is 0 Å². The predicted molar refractivity (Wildman–Crippen MR) is 138 cm³/mol. The van der Waals surface area contributed by atoms with E-state index < -0.39 is 0 Å². The van der Waals surface area contributed by atoms with E-state index in [0.29, 0.717) is 6.61 Å². The van der Waals surface area contributed by atoms with Gasteiger partial charge in [0.05, 0.1) is 5.54 Å². The number of aliphatic imine (C=N–C) groups is 1. The molecule has 0 amide bonds. The number of benzene rings is 3. The highest BCUT2D eigenvalue weighted by atomic mass is 79.9. The molecule has 1 N–H and O–H groups in total. The molecule has 0 radical (unpaired) electrons. The zero-order valence-electron chi connectivity index (χ0n) is 18.2. The molecule has 0 aromatic heterocycles. The first-order valence-electron chi connectivity index (χ1n) is 10.6. The van der Waals surface area contributed by atoms with Gasteiger partial charge < -0.3 is 10.1 Å². The summed E-state index contributed by atoms with van der Waals surface area (Å²) in [5.41, 5.74) is 4.09. The second-order valence-corrected chi connectivity index (χ2v) is 10.2. The Kier molecular flexibility index (Phi) is 7.21. The minimum Gasteiger partial charge on any atom is -0.487 e. The molecule has 0 spiro atoms. The lowest BCUT2D eigenvalue weighted by Crippen LogP contribution is -2.26.